The van der Waals surface area contributed by atoms with E-state index >= 15 is 0 Å². The number of amides is 1. The van der Waals surface area contributed by atoms with Crippen LogP contribution in [0, 0.1) is 0 Å². The summed E-state index contributed by atoms with van der Waals surface area (Å²) >= 11 is 0. The number of aryl methyl sites for hydroxylation is 1. The van der Waals surface area contributed by atoms with Crippen LogP contribution in [-0.2, 0) is 17.8 Å². The lowest BCUT2D eigenvalue weighted by Gasteiger charge is -2.24. The molecule has 1 amide bonds. The molecule has 5 nitrogen and oxygen atoms in total. The minimum atomic E-state index is 0.102. The van der Waals surface area contributed by atoms with Gasteiger partial charge in [-0.15, -0.1) is 0 Å². The number of para-hydroxylation sites is 1. The number of hydrogen-bond acceptors (Lipinski definition) is 3. The van der Waals surface area contributed by atoms with Crippen LogP contribution in [0.3, 0.4) is 0 Å². The Kier molecular flexibility index (Phi) is 4.73. The fraction of sp³-hybridized carbons (Fsp3) is 0.412. The number of carbonyl (C=O) groups excluding carboxylic acids is 1. The van der Waals surface area contributed by atoms with Gasteiger partial charge in [0.2, 0.25) is 5.91 Å². The number of carbonyl (C=O) groups is 1. The van der Waals surface area contributed by atoms with Gasteiger partial charge in [-0.25, -0.2) is 4.98 Å². The van der Waals surface area contributed by atoms with Gasteiger partial charge < -0.3 is 14.6 Å². The first kappa shape index (κ1) is 14.6. The van der Waals surface area contributed by atoms with Crippen molar-refractivity contribution in [3.8, 4) is 5.75 Å². The van der Waals surface area contributed by atoms with Gasteiger partial charge in [0.05, 0.1) is 6.61 Å². The Morgan fingerprint density at radius 1 is 1.36 bits per heavy atom. The van der Waals surface area contributed by atoms with E-state index in [1.165, 1.54) is 0 Å². The average Bonchev–Trinajstić information content (AvgIpc) is 3.00. The number of ether oxygens (including phenoxy) is 1. The molecule has 0 unspecified atom stereocenters. The molecule has 0 saturated heterocycles. The molecule has 5 heteroatoms. The zero-order valence-corrected chi connectivity index (χ0v) is 12.6. The lowest BCUT2D eigenvalue weighted by molar-refractivity contribution is -0.122. The molecule has 0 spiro atoms. The van der Waals surface area contributed by atoms with Crippen LogP contribution in [0.1, 0.15) is 25.1 Å². The number of rotatable bonds is 6. The van der Waals surface area contributed by atoms with Gasteiger partial charge in [-0.3, -0.25) is 4.79 Å². The molecular weight excluding hydrogens is 278 g/mol. The minimum absolute atomic E-state index is 0.102. The first-order chi connectivity index (χ1) is 10.8. The number of fused-ring (bicyclic) bond motifs is 1. The van der Waals surface area contributed by atoms with E-state index in [1.54, 1.807) is 0 Å². The maximum atomic E-state index is 12.0. The third-order valence-corrected chi connectivity index (χ3v) is 3.86. The third-order valence-electron chi connectivity index (χ3n) is 3.86. The monoisotopic (exact) mass is 299 g/mol. The Hall–Kier alpha value is -2.30. The molecule has 1 aliphatic rings. The molecule has 2 heterocycles. The molecule has 1 aromatic heterocycles. The highest BCUT2D eigenvalue weighted by Gasteiger charge is 2.19. The van der Waals surface area contributed by atoms with Gasteiger partial charge in [-0.05, 0) is 25.0 Å². The second kappa shape index (κ2) is 7.11. The van der Waals surface area contributed by atoms with Gasteiger partial charge >= 0.3 is 0 Å². The van der Waals surface area contributed by atoms with Crippen molar-refractivity contribution in [2.24, 2.45) is 0 Å². The summed E-state index contributed by atoms with van der Waals surface area (Å²) in [5, 5.41) is 3.11. The van der Waals surface area contributed by atoms with Crippen molar-refractivity contribution < 1.29 is 9.53 Å². The highest BCUT2D eigenvalue weighted by atomic mass is 16.5. The summed E-state index contributed by atoms with van der Waals surface area (Å²) in [5.41, 5.74) is 0. The SMILES string of the molecule is O=C(CCCOc1ccccc1)N[C@@H]1CCc2nccn2C1. The molecule has 0 fully saturated rings. The molecule has 1 aromatic carbocycles. The molecule has 116 valence electrons. The fourth-order valence-corrected chi connectivity index (χ4v) is 2.72. The maximum absolute atomic E-state index is 12.0. The molecule has 2 aromatic rings. The van der Waals surface area contributed by atoms with Crippen molar-refractivity contribution in [1.29, 1.82) is 0 Å². The van der Waals surface area contributed by atoms with Gasteiger partial charge in [-0.2, -0.15) is 0 Å². The van der Waals surface area contributed by atoms with Crippen molar-refractivity contribution in [3.05, 3.63) is 48.5 Å². The zero-order chi connectivity index (χ0) is 15.2. The van der Waals surface area contributed by atoms with E-state index < -0.39 is 0 Å². The maximum Gasteiger partial charge on any atom is 0.220 e. The van der Waals surface area contributed by atoms with Crippen molar-refractivity contribution in [3.63, 3.8) is 0 Å². The van der Waals surface area contributed by atoms with Gasteiger partial charge in [0.25, 0.3) is 0 Å². The summed E-state index contributed by atoms with van der Waals surface area (Å²) in [6.07, 6.45) is 6.91. The Morgan fingerprint density at radius 3 is 3.09 bits per heavy atom. The van der Waals surface area contributed by atoms with Gasteiger partial charge in [0.15, 0.2) is 0 Å². The largest absolute Gasteiger partial charge is 0.494 e. The van der Waals surface area contributed by atoms with Crippen LogP contribution in [0.5, 0.6) is 5.75 Å². The molecule has 0 bridgehead atoms. The van der Waals surface area contributed by atoms with Crippen LogP contribution in [0.2, 0.25) is 0 Å². The number of imidazole rings is 1. The molecular formula is C17H21N3O2. The van der Waals surface area contributed by atoms with Crippen LogP contribution < -0.4 is 10.1 Å². The van der Waals surface area contributed by atoms with Crippen LogP contribution in [-0.4, -0.2) is 28.1 Å². The number of hydrogen-bond donors (Lipinski definition) is 1. The van der Waals surface area contributed by atoms with E-state index in [0.717, 1.165) is 37.4 Å². The second-order valence-corrected chi connectivity index (χ2v) is 5.56. The van der Waals surface area contributed by atoms with Crippen LogP contribution >= 0.6 is 0 Å². The molecule has 0 aliphatic carbocycles. The third kappa shape index (κ3) is 3.87. The Balaban J connectivity index is 1.35. The summed E-state index contributed by atoms with van der Waals surface area (Å²) < 4.78 is 7.71. The van der Waals surface area contributed by atoms with Crippen molar-refractivity contribution >= 4 is 5.91 Å². The van der Waals surface area contributed by atoms with Gasteiger partial charge in [-0.1, -0.05) is 18.2 Å². The molecule has 1 N–H and O–H groups in total. The number of nitrogens with zero attached hydrogens (tertiary/aromatic N) is 2. The molecule has 0 radical (unpaired) electrons. The first-order valence-corrected chi connectivity index (χ1v) is 7.78. The smallest absolute Gasteiger partial charge is 0.220 e. The predicted octanol–water partition coefficient (Wildman–Crippen LogP) is 2.17. The fourth-order valence-electron chi connectivity index (χ4n) is 2.72. The lowest BCUT2D eigenvalue weighted by atomic mass is 10.1. The number of nitrogens with one attached hydrogen (secondary N) is 1. The molecule has 1 atom stereocenters. The Morgan fingerprint density at radius 2 is 2.23 bits per heavy atom. The normalized spacial score (nSPS) is 16.8. The average molecular weight is 299 g/mol. The molecule has 0 saturated carbocycles. The zero-order valence-electron chi connectivity index (χ0n) is 12.6. The highest BCUT2D eigenvalue weighted by molar-refractivity contribution is 5.76. The predicted molar refractivity (Wildman–Crippen MR) is 83.6 cm³/mol. The van der Waals surface area contributed by atoms with E-state index in [2.05, 4.69) is 14.9 Å². The quantitative estimate of drug-likeness (QED) is 0.832. The summed E-state index contributed by atoms with van der Waals surface area (Å²) in [7, 11) is 0. The number of aromatic nitrogens is 2. The van der Waals surface area contributed by atoms with E-state index in [4.69, 9.17) is 4.74 Å². The van der Waals surface area contributed by atoms with Crippen molar-refractivity contribution in [1.82, 2.24) is 14.9 Å². The lowest BCUT2D eigenvalue weighted by Crippen LogP contribution is -2.40. The topological polar surface area (TPSA) is 56.1 Å². The number of benzene rings is 1. The second-order valence-electron chi connectivity index (χ2n) is 5.56. The highest BCUT2D eigenvalue weighted by Crippen LogP contribution is 2.13. The standard InChI is InChI=1S/C17H21N3O2/c21-17(7-4-12-22-15-5-2-1-3-6-15)19-14-8-9-16-18-10-11-20(16)13-14/h1-3,5-6,10-11,14H,4,7-9,12-13H2,(H,19,21)/t14-/m1/s1. The van der Waals surface area contributed by atoms with E-state index in [9.17, 15) is 4.79 Å². The van der Waals surface area contributed by atoms with Gasteiger partial charge in [0, 0.05) is 37.8 Å². The summed E-state index contributed by atoms with van der Waals surface area (Å²) in [5.74, 6) is 2.06. The van der Waals surface area contributed by atoms with Crippen LogP contribution in [0.4, 0.5) is 0 Å². The molecule has 3 rings (SSSR count). The summed E-state index contributed by atoms with van der Waals surface area (Å²) in [6.45, 7) is 1.38. The van der Waals surface area contributed by atoms with Crippen LogP contribution in [0.15, 0.2) is 42.7 Å². The van der Waals surface area contributed by atoms with Crippen molar-refractivity contribution in [2.45, 2.75) is 38.3 Å². The Bertz CT molecular complexity index is 609. The van der Waals surface area contributed by atoms with Gasteiger partial charge in [0.1, 0.15) is 11.6 Å². The Labute approximate surface area is 130 Å². The van der Waals surface area contributed by atoms with E-state index in [1.807, 2.05) is 42.7 Å². The van der Waals surface area contributed by atoms with Crippen molar-refractivity contribution in [2.75, 3.05) is 6.61 Å². The molecule has 1 aliphatic heterocycles. The van der Waals surface area contributed by atoms with Crippen LogP contribution in [0.25, 0.3) is 0 Å². The first-order valence-electron chi connectivity index (χ1n) is 7.78. The summed E-state index contributed by atoms with van der Waals surface area (Å²) in [4.78, 5) is 16.3. The molecule has 22 heavy (non-hydrogen) atoms. The van der Waals surface area contributed by atoms with E-state index in [0.29, 0.717) is 13.0 Å². The summed E-state index contributed by atoms with van der Waals surface area (Å²) in [6, 6.07) is 9.89. The minimum Gasteiger partial charge on any atom is -0.494 e. The van der Waals surface area contributed by atoms with E-state index in [-0.39, 0.29) is 11.9 Å².